The number of aryl methyl sites for hydroxylation is 1. The summed E-state index contributed by atoms with van der Waals surface area (Å²) in [5.74, 6) is 0. The second-order valence-corrected chi connectivity index (χ2v) is 8.23. The van der Waals surface area contributed by atoms with E-state index >= 15 is 0 Å². The molecular formula is C17H27NO5S. The molecule has 0 saturated carbocycles. The largest absolute Gasteiger partial charge is 0.444 e. The Kier molecular flexibility index (Phi) is 7.23. The fourth-order valence-electron chi connectivity index (χ4n) is 1.95. The number of carbonyl (C=O) groups excluding carboxylic acids is 1. The summed E-state index contributed by atoms with van der Waals surface area (Å²) in [4.78, 5) is 13.4. The van der Waals surface area contributed by atoms with Gasteiger partial charge in [-0.1, -0.05) is 18.2 Å². The fourth-order valence-corrected chi connectivity index (χ4v) is 3.12. The predicted molar refractivity (Wildman–Crippen MR) is 92.4 cm³/mol. The quantitative estimate of drug-likeness (QED) is 0.553. The third-order valence-corrected chi connectivity index (χ3v) is 4.67. The molecule has 0 aliphatic heterocycles. The number of hydrogen-bond acceptors (Lipinski definition) is 5. The molecule has 136 valence electrons. The van der Waals surface area contributed by atoms with Crippen LogP contribution < -0.4 is 0 Å². The van der Waals surface area contributed by atoms with Crippen molar-refractivity contribution >= 4 is 16.2 Å². The maximum absolute atomic E-state index is 12.1. The van der Waals surface area contributed by atoms with Crippen LogP contribution in [0.3, 0.4) is 0 Å². The molecule has 1 aromatic carbocycles. The molecule has 0 aromatic heterocycles. The van der Waals surface area contributed by atoms with Crippen LogP contribution in [0.5, 0.6) is 0 Å². The fraction of sp³-hybridized carbons (Fsp3) is 0.588. The van der Waals surface area contributed by atoms with Crippen LogP contribution in [0, 0.1) is 6.92 Å². The first-order valence-electron chi connectivity index (χ1n) is 7.92. The third kappa shape index (κ3) is 6.88. The van der Waals surface area contributed by atoms with Gasteiger partial charge in [0, 0.05) is 13.6 Å². The Morgan fingerprint density at radius 2 is 1.79 bits per heavy atom. The van der Waals surface area contributed by atoms with Crippen molar-refractivity contribution in [1.29, 1.82) is 0 Å². The van der Waals surface area contributed by atoms with Crippen LogP contribution in [0.15, 0.2) is 29.2 Å². The van der Waals surface area contributed by atoms with Crippen molar-refractivity contribution in [3.63, 3.8) is 0 Å². The normalized spacial score (nSPS) is 12.0. The van der Waals surface area contributed by atoms with Crippen LogP contribution in [-0.4, -0.2) is 45.2 Å². The number of benzene rings is 1. The van der Waals surface area contributed by atoms with E-state index in [-0.39, 0.29) is 11.5 Å². The second kappa shape index (κ2) is 8.48. The van der Waals surface area contributed by atoms with Gasteiger partial charge in [0.1, 0.15) is 5.60 Å². The SMILES string of the molecule is Cc1ccccc1S(=O)(=O)OCCCCN(C)C(=O)OC(C)(C)C. The minimum Gasteiger partial charge on any atom is -0.444 e. The molecule has 0 unspecified atom stereocenters. The van der Waals surface area contributed by atoms with E-state index in [1.165, 1.54) is 11.0 Å². The molecule has 0 aliphatic carbocycles. The summed E-state index contributed by atoms with van der Waals surface area (Å²) in [6.45, 7) is 7.71. The lowest BCUT2D eigenvalue weighted by Crippen LogP contribution is -2.34. The second-order valence-electron chi connectivity index (χ2n) is 6.65. The smallest absolute Gasteiger partial charge is 0.410 e. The van der Waals surface area contributed by atoms with Gasteiger partial charge < -0.3 is 9.64 Å². The molecule has 0 atom stereocenters. The van der Waals surface area contributed by atoms with Crippen molar-refractivity contribution in [3.05, 3.63) is 29.8 Å². The number of hydrogen-bond donors (Lipinski definition) is 0. The van der Waals surface area contributed by atoms with Gasteiger partial charge in [0.15, 0.2) is 0 Å². The molecule has 0 N–H and O–H groups in total. The molecule has 1 rings (SSSR count). The maximum Gasteiger partial charge on any atom is 0.410 e. The highest BCUT2D eigenvalue weighted by Gasteiger charge is 2.20. The molecule has 0 bridgehead atoms. The zero-order valence-electron chi connectivity index (χ0n) is 15.0. The first kappa shape index (κ1) is 20.4. The van der Waals surface area contributed by atoms with Gasteiger partial charge in [0.2, 0.25) is 0 Å². The van der Waals surface area contributed by atoms with E-state index in [2.05, 4.69) is 0 Å². The van der Waals surface area contributed by atoms with Crippen molar-refractivity contribution in [1.82, 2.24) is 4.90 Å². The maximum atomic E-state index is 12.1. The van der Waals surface area contributed by atoms with Crippen molar-refractivity contribution in [2.45, 2.75) is 51.0 Å². The summed E-state index contributed by atoms with van der Waals surface area (Å²) in [5, 5.41) is 0. The molecule has 1 amide bonds. The Morgan fingerprint density at radius 1 is 1.17 bits per heavy atom. The van der Waals surface area contributed by atoms with Gasteiger partial charge in [0.25, 0.3) is 10.1 Å². The van der Waals surface area contributed by atoms with Crippen molar-refractivity contribution < 1.29 is 22.1 Å². The predicted octanol–water partition coefficient (Wildman–Crippen LogP) is 3.35. The Morgan fingerprint density at radius 3 is 2.38 bits per heavy atom. The molecule has 0 aliphatic rings. The Bertz CT molecular complexity index is 649. The molecule has 0 fully saturated rings. The highest BCUT2D eigenvalue weighted by Crippen LogP contribution is 2.17. The van der Waals surface area contributed by atoms with Crippen molar-refractivity contribution in [2.24, 2.45) is 0 Å². The van der Waals surface area contributed by atoms with Crippen LogP contribution >= 0.6 is 0 Å². The molecular weight excluding hydrogens is 330 g/mol. The number of carbonyl (C=O) groups is 1. The zero-order valence-corrected chi connectivity index (χ0v) is 15.9. The van der Waals surface area contributed by atoms with Gasteiger partial charge in [-0.25, -0.2) is 4.79 Å². The van der Waals surface area contributed by atoms with Gasteiger partial charge in [-0.15, -0.1) is 0 Å². The van der Waals surface area contributed by atoms with Gasteiger partial charge >= 0.3 is 6.09 Å². The minimum absolute atomic E-state index is 0.0822. The van der Waals surface area contributed by atoms with Crippen LogP contribution in [0.4, 0.5) is 4.79 Å². The van der Waals surface area contributed by atoms with Gasteiger partial charge in [-0.3, -0.25) is 4.18 Å². The molecule has 1 aromatic rings. The summed E-state index contributed by atoms with van der Waals surface area (Å²) in [6, 6.07) is 6.70. The molecule has 7 heteroatoms. The summed E-state index contributed by atoms with van der Waals surface area (Å²) in [6.07, 6.45) is 0.757. The molecule has 24 heavy (non-hydrogen) atoms. The first-order valence-corrected chi connectivity index (χ1v) is 9.33. The third-order valence-electron chi connectivity index (χ3n) is 3.19. The summed E-state index contributed by atoms with van der Waals surface area (Å²) >= 11 is 0. The van der Waals surface area contributed by atoms with Gasteiger partial charge in [0.05, 0.1) is 11.5 Å². The Hall–Kier alpha value is -1.60. The van der Waals surface area contributed by atoms with Gasteiger partial charge in [-0.05, 0) is 52.2 Å². The topological polar surface area (TPSA) is 72.9 Å². The number of rotatable bonds is 7. The van der Waals surface area contributed by atoms with Crippen LogP contribution in [0.1, 0.15) is 39.2 Å². The number of nitrogens with zero attached hydrogens (tertiary/aromatic N) is 1. The highest BCUT2D eigenvalue weighted by molar-refractivity contribution is 7.86. The van der Waals surface area contributed by atoms with E-state index in [9.17, 15) is 13.2 Å². The van der Waals surface area contributed by atoms with E-state index in [0.29, 0.717) is 24.9 Å². The standard InChI is InChI=1S/C17H27NO5S/c1-14-10-6-7-11-15(14)24(20,21)22-13-9-8-12-18(5)16(19)23-17(2,3)4/h6-7,10-11H,8-9,12-13H2,1-5H3. The van der Waals surface area contributed by atoms with Crippen molar-refractivity contribution in [2.75, 3.05) is 20.2 Å². The summed E-state index contributed by atoms with van der Waals surface area (Å²) in [7, 11) is -2.09. The van der Waals surface area contributed by atoms with E-state index in [1.54, 1.807) is 32.2 Å². The van der Waals surface area contributed by atoms with Gasteiger partial charge in [-0.2, -0.15) is 8.42 Å². The molecule has 6 nitrogen and oxygen atoms in total. The molecule has 0 radical (unpaired) electrons. The lowest BCUT2D eigenvalue weighted by atomic mass is 10.2. The van der Waals surface area contributed by atoms with Crippen LogP contribution in [0.2, 0.25) is 0 Å². The minimum atomic E-state index is -3.74. The van der Waals surface area contributed by atoms with E-state index in [4.69, 9.17) is 8.92 Å². The molecule has 0 saturated heterocycles. The van der Waals surface area contributed by atoms with Crippen molar-refractivity contribution in [3.8, 4) is 0 Å². The molecule has 0 spiro atoms. The molecule has 0 heterocycles. The Balaban J connectivity index is 2.36. The zero-order chi connectivity index (χ0) is 18.4. The highest BCUT2D eigenvalue weighted by atomic mass is 32.2. The monoisotopic (exact) mass is 357 g/mol. The first-order chi connectivity index (χ1) is 11.0. The average molecular weight is 357 g/mol. The van der Waals surface area contributed by atoms with E-state index in [0.717, 1.165) is 0 Å². The van der Waals surface area contributed by atoms with E-state index in [1.807, 2.05) is 20.8 Å². The lowest BCUT2D eigenvalue weighted by Gasteiger charge is -2.24. The number of amides is 1. The average Bonchev–Trinajstić information content (AvgIpc) is 2.45. The Labute approximate surface area is 144 Å². The number of ether oxygens (including phenoxy) is 1. The number of unbranched alkanes of at least 4 members (excludes halogenated alkanes) is 1. The summed E-state index contributed by atoms with van der Waals surface area (Å²) in [5.41, 5.74) is 0.123. The van der Waals surface area contributed by atoms with Crippen LogP contribution in [-0.2, 0) is 19.0 Å². The van der Waals surface area contributed by atoms with E-state index < -0.39 is 21.8 Å². The van der Waals surface area contributed by atoms with Crippen LogP contribution in [0.25, 0.3) is 0 Å². The summed E-state index contributed by atoms with van der Waals surface area (Å²) < 4.78 is 34.5. The lowest BCUT2D eigenvalue weighted by molar-refractivity contribution is 0.0294.